The average molecular weight is 370 g/mol. The Kier molecular flexibility index (Phi) is 6.74. The summed E-state index contributed by atoms with van der Waals surface area (Å²) in [5.74, 6) is 1.59. The van der Waals surface area contributed by atoms with Gasteiger partial charge in [-0.1, -0.05) is 44.2 Å². The molecule has 1 aromatic heterocycles. The normalized spacial score (nSPS) is 16.8. The van der Waals surface area contributed by atoms with Crippen molar-refractivity contribution in [3.63, 3.8) is 0 Å². The van der Waals surface area contributed by atoms with E-state index in [2.05, 4.69) is 15.6 Å². The lowest BCUT2D eigenvalue weighted by molar-refractivity contribution is 0.231. The number of imidazole rings is 1. The second-order valence-electron chi connectivity index (χ2n) is 7.26. The molecule has 0 spiro atoms. The molecule has 6 heteroatoms. The quantitative estimate of drug-likeness (QED) is 0.838. The molecule has 1 aliphatic rings. The molecule has 1 heterocycles. The fourth-order valence-electron chi connectivity index (χ4n) is 3.71. The first-order valence-corrected chi connectivity index (χ1v) is 9.85. The van der Waals surface area contributed by atoms with Crippen LogP contribution in [0.1, 0.15) is 62.4 Å². The van der Waals surface area contributed by atoms with Crippen LogP contribution >= 0.6 is 0 Å². The number of carbonyl (C=O) groups excluding carboxylic acids is 1. The first-order chi connectivity index (χ1) is 13.2. The minimum Gasteiger partial charge on any atom is -0.497 e. The van der Waals surface area contributed by atoms with E-state index < -0.39 is 0 Å². The molecule has 0 saturated heterocycles. The van der Waals surface area contributed by atoms with Gasteiger partial charge in [-0.15, -0.1) is 0 Å². The molecule has 3 rings (SSSR count). The number of nitrogens with one attached hydrogen (secondary N) is 2. The molecule has 0 radical (unpaired) electrons. The smallest absolute Gasteiger partial charge is 0.315 e. The molecule has 1 aromatic carbocycles. The molecule has 27 heavy (non-hydrogen) atoms. The fourth-order valence-corrected chi connectivity index (χ4v) is 3.71. The molecule has 2 N–H and O–H groups in total. The van der Waals surface area contributed by atoms with Crippen molar-refractivity contribution in [2.24, 2.45) is 7.05 Å². The van der Waals surface area contributed by atoms with Crippen molar-refractivity contribution in [3.8, 4) is 5.75 Å². The highest BCUT2D eigenvalue weighted by Crippen LogP contribution is 2.23. The minimum absolute atomic E-state index is 0.135. The van der Waals surface area contributed by atoms with E-state index in [9.17, 15) is 4.79 Å². The van der Waals surface area contributed by atoms with E-state index in [4.69, 9.17) is 4.74 Å². The van der Waals surface area contributed by atoms with Crippen LogP contribution in [0.15, 0.2) is 36.7 Å². The summed E-state index contributed by atoms with van der Waals surface area (Å²) in [5.41, 5.74) is 0.970. The van der Waals surface area contributed by atoms with Crippen LogP contribution in [-0.4, -0.2) is 28.7 Å². The van der Waals surface area contributed by atoms with Crippen molar-refractivity contribution in [2.45, 2.75) is 57.0 Å². The second kappa shape index (κ2) is 9.44. The van der Waals surface area contributed by atoms with Gasteiger partial charge in [0.2, 0.25) is 0 Å². The first kappa shape index (κ1) is 19.3. The number of nitrogens with zero attached hydrogens (tertiary/aromatic N) is 2. The molecule has 6 nitrogen and oxygen atoms in total. The number of aromatic nitrogens is 2. The maximum Gasteiger partial charge on any atom is 0.315 e. The van der Waals surface area contributed by atoms with Crippen molar-refractivity contribution >= 4 is 6.03 Å². The minimum atomic E-state index is -0.315. The molecule has 2 aromatic rings. The summed E-state index contributed by atoms with van der Waals surface area (Å²) in [4.78, 5) is 17.2. The highest BCUT2D eigenvalue weighted by atomic mass is 16.5. The number of methoxy groups -OCH3 is 1. The molecule has 1 fully saturated rings. The highest BCUT2D eigenvalue weighted by Gasteiger charge is 2.22. The number of amides is 2. The number of rotatable bonds is 5. The number of carbonyl (C=O) groups is 1. The standard InChI is InChI=1S/C21H30N4O2/c1-25-15-14-22-20(25)19(16-10-12-18(27-2)13-11-16)24-21(26)23-17-8-6-4-3-5-7-9-17/h10-15,17,19H,3-9H2,1-2H3,(H2,23,24,26). The Bertz CT molecular complexity index is 718. The van der Waals surface area contributed by atoms with E-state index in [0.717, 1.165) is 30.0 Å². The Labute approximate surface area is 161 Å². The molecule has 1 saturated carbocycles. The number of benzene rings is 1. The molecule has 146 valence electrons. The summed E-state index contributed by atoms with van der Waals surface area (Å²) in [7, 11) is 3.58. The molecular formula is C21H30N4O2. The van der Waals surface area contributed by atoms with Crippen LogP contribution in [0.25, 0.3) is 0 Å². The van der Waals surface area contributed by atoms with Crippen LogP contribution in [-0.2, 0) is 7.05 Å². The summed E-state index contributed by atoms with van der Waals surface area (Å²) in [6.07, 6.45) is 12.0. The lowest BCUT2D eigenvalue weighted by Gasteiger charge is -2.24. The number of ether oxygens (including phenoxy) is 1. The predicted octanol–water partition coefficient (Wildman–Crippen LogP) is 3.93. The van der Waals surface area contributed by atoms with Crippen LogP contribution in [0.5, 0.6) is 5.75 Å². The monoisotopic (exact) mass is 370 g/mol. The van der Waals surface area contributed by atoms with Gasteiger partial charge in [0.05, 0.1) is 7.11 Å². The zero-order valence-electron chi connectivity index (χ0n) is 16.3. The van der Waals surface area contributed by atoms with Crippen molar-refractivity contribution < 1.29 is 9.53 Å². The van der Waals surface area contributed by atoms with E-state index in [1.807, 2.05) is 42.1 Å². The predicted molar refractivity (Wildman–Crippen MR) is 106 cm³/mol. The second-order valence-corrected chi connectivity index (χ2v) is 7.26. The average Bonchev–Trinajstić information content (AvgIpc) is 3.08. The van der Waals surface area contributed by atoms with Gasteiger partial charge in [0, 0.05) is 25.5 Å². The Morgan fingerprint density at radius 3 is 2.41 bits per heavy atom. The third kappa shape index (κ3) is 5.25. The molecular weight excluding hydrogens is 340 g/mol. The number of aryl methyl sites for hydroxylation is 1. The largest absolute Gasteiger partial charge is 0.497 e. The van der Waals surface area contributed by atoms with E-state index in [0.29, 0.717) is 0 Å². The molecule has 1 unspecified atom stereocenters. The molecule has 1 aliphatic carbocycles. The summed E-state index contributed by atoms with van der Waals surface area (Å²) < 4.78 is 7.18. The highest BCUT2D eigenvalue weighted by molar-refractivity contribution is 5.75. The van der Waals surface area contributed by atoms with Gasteiger partial charge in [-0.25, -0.2) is 9.78 Å². The summed E-state index contributed by atoms with van der Waals surface area (Å²) in [6, 6.07) is 7.54. The lowest BCUT2D eigenvalue weighted by Crippen LogP contribution is -2.44. The Balaban J connectivity index is 1.72. The number of hydrogen-bond acceptors (Lipinski definition) is 3. The van der Waals surface area contributed by atoms with Crippen LogP contribution in [0, 0.1) is 0 Å². The fraction of sp³-hybridized carbons (Fsp3) is 0.524. The van der Waals surface area contributed by atoms with Crippen LogP contribution in [0.4, 0.5) is 4.79 Å². The topological polar surface area (TPSA) is 68.2 Å². The lowest BCUT2D eigenvalue weighted by atomic mass is 9.97. The van der Waals surface area contributed by atoms with E-state index in [1.165, 1.54) is 32.1 Å². The Hall–Kier alpha value is -2.50. The van der Waals surface area contributed by atoms with Gasteiger partial charge in [0.15, 0.2) is 0 Å². The van der Waals surface area contributed by atoms with Gasteiger partial charge in [-0.05, 0) is 30.5 Å². The molecule has 2 amide bonds. The van der Waals surface area contributed by atoms with Crippen LogP contribution in [0.3, 0.4) is 0 Å². The SMILES string of the molecule is COc1ccc(C(NC(=O)NC2CCCCCCC2)c2nccn2C)cc1. The molecule has 0 bridgehead atoms. The molecule has 1 atom stereocenters. The van der Waals surface area contributed by atoms with Crippen molar-refractivity contribution in [1.82, 2.24) is 20.2 Å². The first-order valence-electron chi connectivity index (χ1n) is 9.85. The number of urea groups is 1. The summed E-state index contributed by atoms with van der Waals surface area (Å²) in [6.45, 7) is 0. The van der Waals surface area contributed by atoms with Gasteiger partial charge >= 0.3 is 6.03 Å². The summed E-state index contributed by atoms with van der Waals surface area (Å²) in [5, 5.41) is 6.30. The van der Waals surface area contributed by atoms with Gasteiger partial charge in [0.1, 0.15) is 17.6 Å². The van der Waals surface area contributed by atoms with E-state index in [1.54, 1.807) is 13.3 Å². The third-order valence-electron chi connectivity index (χ3n) is 5.28. The summed E-state index contributed by atoms with van der Waals surface area (Å²) >= 11 is 0. The van der Waals surface area contributed by atoms with Gasteiger partial charge in [-0.3, -0.25) is 0 Å². The van der Waals surface area contributed by atoms with Gasteiger partial charge < -0.3 is 19.9 Å². The van der Waals surface area contributed by atoms with Crippen molar-refractivity contribution in [2.75, 3.05) is 7.11 Å². The molecule has 0 aliphatic heterocycles. The maximum atomic E-state index is 12.7. The van der Waals surface area contributed by atoms with Crippen molar-refractivity contribution in [1.29, 1.82) is 0 Å². The van der Waals surface area contributed by atoms with Gasteiger partial charge in [-0.2, -0.15) is 0 Å². The zero-order chi connectivity index (χ0) is 19.1. The Morgan fingerprint density at radius 1 is 1.15 bits per heavy atom. The maximum absolute atomic E-state index is 12.7. The van der Waals surface area contributed by atoms with Gasteiger partial charge in [0.25, 0.3) is 0 Å². The van der Waals surface area contributed by atoms with Crippen LogP contribution < -0.4 is 15.4 Å². The third-order valence-corrected chi connectivity index (χ3v) is 5.28. The van der Waals surface area contributed by atoms with Crippen molar-refractivity contribution in [3.05, 3.63) is 48.0 Å². The van der Waals surface area contributed by atoms with E-state index in [-0.39, 0.29) is 18.1 Å². The van der Waals surface area contributed by atoms with Crippen LogP contribution in [0.2, 0.25) is 0 Å². The number of hydrogen-bond donors (Lipinski definition) is 2. The Morgan fingerprint density at radius 2 is 1.81 bits per heavy atom. The zero-order valence-corrected chi connectivity index (χ0v) is 16.3. The van der Waals surface area contributed by atoms with E-state index >= 15 is 0 Å².